The first-order valence-electron chi connectivity index (χ1n) is 11.4. The minimum Gasteiger partial charge on any atom is -0.388 e. The summed E-state index contributed by atoms with van der Waals surface area (Å²) in [6.45, 7) is 6.91. The van der Waals surface area contributed by atoms with Gasteiger partial charge in [0.15, 0.2) is 0 Å². The standard InChI is InChI=1S/C27H27ClFN3O2/c1-3-31(4-2)17-18-8-7-9-19(14-18)25(33)16-26-30-23-13-12-20(29)15-21(23)27(34)32(26)24-11-6-5-10-22(24)28/h5-15,25,33H,3-4,16-17H2,1-2H3. The van der Waals surface area contributed by atoms with Crippen LogP contribution >= 0.6 is 11.6 Å². The molecule has 3 aromatic carbocycles. The summed E-state index contributed by atoms with van der Waals surface area (Å²) in [6.07, 6.45) is -0.808. The summed E-state index contributed by atoms with van der Waals surface area (Å²) in [5.74, 6) is -0.172. The third kappa shape index (κ3) is 5.04. The van der Waals surface area contributed by atoms with Crippen molar-refractivity contribution < 1.29 is 9.50 Å². The molecule has 0 saturated heterocycles. The molecule has 1 aromatic heterocycles. The molecule has 5 nitrogen and oxygen atoms in total. The van der Waals surface area contributed by atoms with Crippen molar-refractivity contribution >= 4 is 22.5 Å². The number of rotatable bonds is 8. The average Bonchev–Trinajstić information content (AvgIpc) is 2.84. The van der Waals surface area contributed by atoms with Gasteiger partial charge in [-0.2, -0.15) is 0 Å². The van der Waals surface area contributed by atoms with Crippen molar-refractivity contribution in [1.82, 2.24) is 14.5 Å². The Balaban J connectivity index is 1.77. The lowest BCUT2D eigenvalue weighted by atomic mass is 10.0. The van der Waals surface area contributed by atoms with Crippen LogP contribution in [0.5, 0.6) is 0 Å². The van der Waals surface area contributed by atoms with Crippen molar-refractivity contribution in [2.24, 2.45) is 0 Å². The molecule has 1 heterocycles. The lowest BCUT2D eigenvalue weighted by molar-refractivity contribution is 0.174. The number of fused-ring (bicyclic) bond motifs is 1. The predicted octanol–water partition coefficient (Wildman–Crippen LogP) is 5.30. The van der Waals surface area contributed by atoms with Gasteiger partial charge >= 0.3 is 0 Å². The number of aromatic nitrogens is 2. The minimum atomic E-state index is -0.893. The van der Waals surface area contributed by atoms with E-state index in [2.05, 4.69) is 23.7 Å². The molecule has 1 atom stereocenters. The lowest BCUT2D eigenvalue weighted by Crippen LogP contribution is -2.25. The average molecular weight is 480 g/mol. The lowest BCUT2D eigenvalue weighted by Gasteiger charge is -2.20. The number of hydrogen-bond donors (Lipinski definition) is 1. The van der Waals surface area contributed by atoms with Crippen molar-refractivity contribution in [3.8, 4) is 5.69 Å². The van der Waals surface area contributed by atoms with Crippen LogP contribution in [0.15, 0.2) is 71.5 Å². The molecule has 0 aliphatic heterocycles. The molecule has 0 amide bonds. The number of hydrogen-bond acceptors (Lipinski definition) is 4. The first-order valence-corrected chi connectivity index (χ1v) is 11.7. The largest absolute Gasteiger partial charge is 0.388 e. The van der Waals surface area contributed by atoms with Gasteiger partial charge in [0.2, 0.25) is 0 Å². The van der Waals surface area contributed by atoms with Crippen molar-refractivity contribution in [2.45, 2.75) is 32.9 Å². The van der Waals surface area contributed by atoms with Gasteiger partial charge in [0, 0.05) is 13.0 Å². The van der Waals surface area contributed by atoms with Gasteiger partial charge in [0.1, 0.15) is 11.6 Å². The Bertz CT molecular complexity index is 1370. The normalized spacial score (nSPS) is 12.4. The Morgan fingerprint density at radius 1 is 1.06 bits per heavy atom. The van der Waals surface area contributed by atoms with Crippen LogP contribution in [0.1, 0.15) is 36.9 Å². The fraction of sp³-hybridized carbons (Fsp3) is 0.259. The van der Waals surface area contributed by atoms with Crippen molar-refractivity contribution in [2.75, 3.05) is 13.1 Å². The quantitative estimate of drug-likeness (QED) is 0.373. The van der Waals surface area contributed by atoms with E-state index in [-0.39, 0.29) is 11.8 Å². The maximum atomic E-state index is 13.9. The van der Waals surface area contributed by atoms with Crippen LogP contribution in [0.3, 0.4) is 0 Å². The van der Waals surface area contributed by atoms with Gasteiger partial charge in [-0.15, -0.1) is 0 Å². The topological polar surface area (TPSA) is 58.4 Å². The molecule has 0 aliphatic carbocycles. The number of para-hydroxylation sites is 1. The van der Waals surface area contributed by atoms with Crippen molar-refractivity contribution in [1.29, 1.82) is 0 Å². The molecule has 0 spiro atoms. The Labute approximate surface area is 203 Å². The second-order valence-corrected chi connectivity index (χ2v) is 8.62. The Morgan fingerprint density at radius 3 is 2.56 bits per heavy atom. The molecule has 0 saturated carbocycles. The van der Waals surface area contributed by atoms with Gasteiger partial charge in [-0.25, -0.2) is 9.37 Å². The minimum absolute atomic E-state index is 0.0858. The van der Waals surface area contributed by atoms with Crippen LogP contribution in [0.2, 0.25) is 5.02 Å². The summed E-state index contributed by atoms with van der Waals surface area (Å²) in [4.78, 5) is 20.3. The molecule has 7 heteroatoms. The molecular formula is C27H27ClFN3O2. The summed E-state index contributed by atoms with van der Waals surface area (Å²) in [6, 6.07) is 18.6. The molecule has 1 unspecified atom stereocenters. The molecular weight excluding hydrogens is 453 g/mol. The molecule has 1 N–H and O–H groups in total. The van der Waals surface area contributed by atoms with E-state index in [1.165, 1.54) is 22.8 Å². The van der Waals surface area contributed by atoms with Gasteiger partial charge in [-0.05, 0) is 54.5 Å². The summed E-state index contributed by atoms with van der Waals surface area (Å²) in [5, 5.41) is 11.6. The Morgan fingerprint density at radius 2 is 1.82 bits per heavy atom. The molecule has 0 radical (unpaired) electrons. The molecule has 0 aliphatic rings. The fourth-order valence-corrected chi connectivity index (χ4v) is 4.34. The van der Waals surface area contributed by atoms with E-state index in [1.54, 1.807) is 24.3 Å². The SMILES string of the molecule is CCN(CC)Cc1cccc(C(O)Cc2nc3ccc(F)cc3c(=O)n2-c2ccccc2Cl)c1. The van der Waals surface area contributed by atoms with E-state index in [9.17, 15) is 14.3 Å². The fourth-order valence-electron chi connectivity index (χ4n) is 4.12. The molecule has 34 heavy (non-hydrogen) atoms. The van der Waals surface area contributed by atoms with Gasteiger partial charge in [-0.1, -0.05) is 61.8 Å². The van der Waals surface area contributed by atoms with Crippen LogP contribution in [0.25, 0.3) is 16.6 Å². The van der Waals surface area contributed by atoms with E-state index < -0.39 is 17.5 Å². The number of halogens is 2. The molecule has 4 rings (SSSR count). The zero-order valence-electron chi connectivity index (χ0n) is 19.2. The summed E-state index contributed by atoms with van der Waals surface area (Å²) in [7, 11) is 0. The first-order chi connectivity index (χ1) is 16.4. The highest BCUT2D eigenvalue weighted by Crippen LogP contribution is 2.25. The van der Waals surface area contributed by atoms with Crippen LogP contribution in [0, 0.1) is 5.82 Å². The molecule has 0 fully saturated rings. The Hall–Kier alpha value is -3.06. The number of aliphatic hydroxyl groups excluding tert-OH is 1. The molecule has 176 valence electrons. The number of nitrogens with zero attached hydrogens (tertiary/aromatic N) is 3. The van der Waals surface area contributed by atoms with Gasteiger partial charge < -0.3 is 5.11 Å². The smallest absolute Gasteiger partial charge is 0.266 e. The zero-order valence-corrected chi connectivity index (χ0v) is 20.0. The van der Waals surface area contributed by atoms with Crippen LogP contribution in [-0.2, 0) is 13.0 Å². The zero-order chi connectivity index (χ0) is 24.2. The second-order valence-electron chi connectivity index (χ2n) is 8.21. The summed E-state index contributed by atoms with van der Waals surface area (Å²) < 4.78 is 15.3. The molecule has 0 bridgehead atoms. The number of aliphatic hydroxyl groups is 1. The summed E-state index contributed by atoms with van der Waals surface area (Å²) in [5.41, 5.74) is 2.21. The summed E-state index contributed by atoms with van der Waals surface area (Å²) >= 11 is 6.41. The highest BCUT2D eigenvalue weighted by molar-refractivity contribution is 6.32. The van der Waals surface area contributed by atoms with E-state index >= 15 is 0 Å². The van der Waals surface area contributed by atoms with E-state index in [1.807, 2.05) is 24.3 Å². The van der Waals surface area contributed by atoms with Gasteiger partial charge in [0.25, 0.3) is 5.56 Å². The van der Waals surface area contributed by atoms with Crippen LogP contribution in [0.4, 0.5) is 4.39 Å². The van der Waals surface area contributed by atoms with Gasteiger partial charge in [-0.3, -0.25) is 14.3 Å². The molecule has 4 aromatic rings. The van der Waals surface area contributed by atoms with E-state index in [0.717, 1.165) is 30.8 Å². The number of benzene rings is 3. The monoisotopic (exact) mass is 479 g/mol. The third-order valence-corrected chi connectivity index (χ3v) is 6.33. The van der Waals surface area contributed by atoms with E-state index in [4.69, 9.17) is 11.6 Å². The van der Waals surface area contributed by atoms with Crippen LogP contribution in [-0.4, -0.2) is 32.6 Å². The maximum absolute atomic E-state index is 13.9. The van der Waals surface area contributed by atoms with Gasteiger partial charge in [0.05, 0.1) is 27.7 Å². The highest BCUT2D eigenvalue weighted by Gasteiger charge is 2.19. The third-order valence-electron chi connectivity index (χ3n) is 6.01. The maximum Gasteiger partial charge on any atom is 0.266 e. The van der Waals surface area contributed by atoms with Crippen LogP contribution < -0.4 is 5.56 Å². The Kier molecular flexibility index (Phi) is 7.41. The van der Waals surface area contributed by atoms with Crippen molar-refractivity contribution in [3.05, 3.63) is 105 Å². The first kappa shape index (κ1) is 24.1. The van der Waals surface area contributed by atoms with Crippen molar-refractivity contribution in [3.63, 3.8) is 0 Å². The highest BCUT2D eigenvalue weighted by atomic mass is 35.5. The van der Waals surface area contributed by atoms with E-state index in [0.29, 0.717) is 22.1 Å². The second kappa shape index (κ2) is 10.5. The predicted molar refractivity (Wildman–Crippen MR) is 134 cm³/mol.